The Bertz CT molecular complexity index is 1790. The normalized spacial score (nSPS) is 17.3. The monoisotopic (exact) mass is 826 g/mol. The van der Waals surface area contributed by atoms with Crippen LogP contribution in [0.2, 0.25) is 0 Å². The molecule has 20 nitrogen and oxygen atoms in total. The van der Waals surface area contributed by atoms with E-state index in [1.807, 2.05) is 0 Å². The van der Waals surface area contributed by atoms with Gasteiger partial charge in [0, 0.05) is 37.8 Å². The number of hydrogen-bond donors (Lipinski definition) is 10. The molecule has 324 valence electrons. The van der Waals surface area contributed by atoms with Crippen molar-refractivity contribution in [3.8, 4) is 5.75 Å². The summed E-state index contributed by atoms with van der Waals surface area (Å²) >= 11 is 0. The second kappa shape index (κ2) is 22.2. The Morgan fingerprint density at radius 3 is 2.03 bits per heavy atom. The minimum absolute atomic E-state index is 0.0340. The molecule has 2 aromatic rings. The molecule has 0 bridgehead atoms. The van der Waals surface area contributed by atoms with Crippen molar-refractivity contribution < 1.29 is 48.6 Å². The fourth-order valence-electron chi connectivity index (χ4n) is 6.43. The number of likely N-dealkylation sites (N-methyl/N-ethyl adjacent to an activating group) is 1. The number of aromatic amines is 1. The van der Waals surface area contributed by atoms with Gasteiger partial charge in [-0.3, -0.25) is 38.4 Å². The van der Waals surface area contributed by atoms with Gasteiger partial charge in [0.15, 0.2) is 6.04 Å². The topological polar surface area (TPSA) is 307 Å². The molecule has 1 saturated heterocycles. The molecule has 0 radical (unpaired) electrons. The van der Waals surface area contributed by atoms with Crippen molar-refractivity contribution in [1.82, 2.24) is 46.8 Å². The number of amides is 7. The lowest BCUT2D eigenvalue weighted by Gasteiger charge is -2.32. The average Bonchev–Trinajstić information content (AvgIpc) is 3.91. The fraction of sp³-hybridized carbons (Fsp3) is 0.564. The maximum Gasteiger partial charge on any atom is 0.325 e. The van der Waals surface area contributed by atoms with E-state index in [1.54, 1.807) is 46.8 Å². The number of imidazole rings is 1. The molecule has 1 aromatic heterocycles. The second-order valence-corrected chi connectivity index (χ2v) is 15.0. The number of aliphatic carboxylic acids is 1. The Kier molecular flexibility index (Phi) is 17.8. The Hall–Kier alpha value is -6.05. The van der Waals surface area contributed by atoms with Crippen LogP contribution in [0.1, 0.15) is 72.1 Å². The number of likely N-dealkylation sites (tertiary alicyclic amines) is 1. The quantitative estimate of drug-likeness (QED) is 0.0650. The number of carbonyl (C=O) groups is 8. The predicted octanol–water partition coefficient (Wildman–Crippen LogP) is -1.41. The number of rotatable bonds is 21. The standard InChI is InChI=1S/C39H58N10O10/c1-7-21(5)31(37(56)46-27(17-24-18-41-19-43-24)38(57)49-15-9-10-28(49)33(52)44-22(6)39(58)59)48-32(51)26(16-23-11-13-25(50)14-12-23)45-36(55)30(20(3)4)47-35(54)29(40)34(53)42-8-2/h11-14,18-22,26-31,50H,7-10,15-17,40H2,1-6H3,(H,41,43)(H,42,53)(H,44,52)(H,45,55)(H,46,56)(H,47,54)(H,48,51)(H,58,59)/t21-,22-,26-,27-,28-,29-,30-,31-/m0/s1. The van der Waals surface area contributed by atoms with Gasteiger partial charge in [0.05, 0.1) is 6.33 Å². The SMILES string of the molecule is CCNC(=O)[C@H](N)C(=O)N[C@H](C(=O)N[C@@H](Cc1ccc(O)cc1)C(=O)N[C@H](C(=O)N[C@@H](Cc1cnc[nH]1)C(=O)N1CCC[C@H]1C(=O)N[C@@H](C)C(=O)O)[C@@H](C)CC)C(C)C. The molecule has 0 saturated carbocycles. The Morgan fingerprint density at radius 1 is 0.831 bits per heavy atom. The number of nitrogens with two attached hydrogens (primary N) is 1. The zero-order valence-electron chi connectivity index (χ0n) is 34.2. The number of carbonyl (C=O) groups excluding carboxylic acids is 7. The summed E-state index contributed by atoms with van der Waals surface area (Å²) < 4.78 is 0. The largest absolute Gasteiger partial charge is 0.508 e. The summed E-state index contributed by atoms with van der Waals surface area (Å²) in [5, 5.41) is 34.7. The van der Waals surface area contributed by atoms with Gasteiger partial charge < -0.3 is 57.7 Å². The van der Waals surface area contributed by atoms with Crippen LogP contribution in [0.15, 0.2) is 36.8 Å². The van der Waals surface area contributed by atoms with Crippen molar-refractivity contribution in [1.29, 1.82) is 0 Å². The van der Waals surface area contributed by atoms with Gasteiger partial charge in [0.1, 0.15) is 42.0 Å². The third-order valence-electron chi connectivity index (χ3n) is 10.1. The smallest absolute Gasteiger partial charge is 0.325 e. The Labute approximate surface area is 342 Å². The van der Waals surface area contributed by atoms with Gasteiger partial charge in [0.25, 0.3) is 0 Å². The molecular formula is C39H58N10O10. The van der Waals surface area contributed by atoms with Crippen LogP contribution in [0.5, 0.6) is 5.75 Å². The summed E-state index contributed by atoms with van der Waals surface area (Å²) in [5.74, 6) is -7.49. The van der Waals surface area contributed by atoms with Crippen LogP contribution in [0.3, 0.4) is 0 Å². The summed E-state index contributed by atoms with van der Waals surface area (Å²) in [4.78, 5) is 114. The maximum absolute atomic E-state index is 14.2. The average molecular weight is 827 g/mol. The second-order valence-electron chi connectivity index (χ2n) is 15.0. The third-order valence-corrected chi connectivity index (χ3v) is 10.1. The van der Waals surface area contributed by atoms with Gasteiger partial charge in [-0.2, -0.15) is 0 Å². The van der Waals surface area contributed by atoms with E-state index in [0.717, 1.165) is 0 Å². The number of phenolic OH excluding ortho intramolecular Hbond substituents is 1. The molecular weight excluding hydrogens is 768 g/mol. The number of carboxylic acid groups (broad SMARTS) is 1. The molecule has 7 amide bonds. The summed E-state index contributed by atoms with van der Waals surface area (Å²) in [7, 11) is 0. The molecule has 1 fully saturated rings. The van der Waals surface area contributed by atoms with E-state index in [9.17, 15) is 48.6 Å². The van der Waals surface area contributed by atoms with Crippen LogP contribution in [-0.4, -0.2) is 128 Å². The molecule has 59 heavy (non-hydrogen) atoms. The first-order valence-electron chi connectivity index (χ1n) is 19.7. The minimum Gasteiger partial charge on any atom is -0.508 e. The molecule has 0 spiro atoms. The van der Waals surface area contributed by atoms with Gasteiger partial charge in [-0.15, -0.1) is 0 Å². The Morgan fingerprint density at radius 2 is 1.46 bits per heavy atom. The number of carboxylic acids is 1. The van der Waals surface area contributed by atoms with Crippen molar-refractivity contribution in [2.75, 3.05) is 13.1 Å². The van der Waals surface area contributed by atoms with Crippen molar-refractivity contribution in [2.45, 2.75) is 116 Å². The van der Waals surface area contributed by atoms with E-state index in [-0.39, 0.29) is 38.1 Å². The highest BCUT2D eigenvalue weighted by molar-refractivity contribution is 6.05. The van der Waals surface area contributed by atoms with Crippen molar-refractivity contribution in [3.05, 3.63) is 48.0 Å². The van der Waals surface area contributed by atoms with Crippen molar-refractivity contribution in [3.63, 3.8) is 0 Å². The molecule has 3 rings (SSSR count). The van der Waals surface area contributed by atoms with Crippen LogP contribution >= 0.6 is 0 Å². The molecule has 2 heterocycles. The molecule has 1 aliphatic heterocycles. The summed E-state index contributed by atoms with van der Waals surface area (Å²) in [5.41, 5.74) is 6.83. The summed E-state index contributed by atoms with van der Waals surface area (Å²) in [6.07, 6.45) is 3.83. The minimum atomic E-state index is -1.60. The number of nitrogens with one attached hydrogen (secondary N) is 7. The Balaban J connectivity index is 1.90. The lowest BCUT2D eigenvalue weighted by molar-refractivity contribution is -0.144. The highest BCUT2D eigenvalue weighted by Crippen LogP contribution is 2.21. The van der Waals surface area contributed by atoms with Crippen LogP contribution in [0.4, 0.5) is 0 Å². The first kappa shape index (κ1) is 47.3. The zero-order chi connectivity index (χ0) is 44.0. The first-order chi connectivity index (χ1) is 27.9. The number of aromatic hydroxyl groups is 1. The van der Waals surface area contributed by atoms with Crippen LogP contribution in [-0.2, 0) is 51.2 Å². The number of H-pyrrole nitrogens is 1. The van der Waals surface area contributed by atoms with Crippen LogP contribution in [0, 0.1) is 11.8 Å². The predicted molar refractivity (Wildman–Crippen MR) is 213 cm³/mol. The first-order valence-corrected chi connectivity index (χ1v) is 19.7. The van der Waals surface area contributed by atoms with E-state index in [2.05, 4.69) is 41.9 Å². The highest BCUT2D eigenvalue weighted by Gasteiger charge is 2.40. The lowest BCUT2D eigenvalue weighted by Crippen LogP contribution is -2.62. The summed E-state index contributed by atoms with van der Waals surface area (Å²) in [6.45, 7) is 10.2. The maximum atomic E-state index is 14.2. The third kappa shape index (κ3) is 13.5. The van der Waals surface area contributed by atoms with E-state index in [1.165, 1.54) is 36.5 Å². The van der Waals surface area contributed by atoms with Gasteiger partial charge in [-0.25, -0.2) is 4.98 Å². The number of phenols is 1. The lowest BCUT2D eigenvalue weighted by atomic mass is 9.96. The molecule has 0 unspecified atom stereocenters. The number of nitrogens with zero attached hydrogens (tertiary/aromatic N) is 2. The van der Waals surface area contributed by atoms with Crippen LogP contribution < -0.4 is 37.6 Å². The number of aromatic nitrogens is 2. The van der Waals surface area contributed by atoms with Gasteiger partial charge in [0.2, 0.25) is 41.4 Å². The highest BCUT2D eigenvalue weighted by atomic mass is 16.4. The summed E-state index contributed by atoms with van der Waals surface area (Å²) in [6, 6.07) is -2.93. The van der Waals surface area contributed by atoms with Crippen molar-refractivity contribution in [2.24, 2.45) is 17.6 Å². The number of benzene rings is 1. The van der Waals surface area contributed by atoms with E-state index in [4.69, 9.17) is 5.73 Å². The van der Waals surface area contributed by atoms with E-state index >= 15 is 0 Å². The van der Waals surface area contributed by atoms with Crippen molar-refractivity contribution >= 4 is 47.3 Å². The van der Waals surface area contributed by atoms with Gasteiger partial charge in [-0.1, -0.05) is 46.2 Å². The molecule has 1 aliphatic rings. The molecule has 20 heteroatoms. The van der Waals surface area contributed by atoms with Crippen LogP contribution in [0.25, 0.3) is 0 Å². The van der Waals surface area contributed by atoms with Gasteiger partial charge in [-0.05, 0) is 56.2 Å². The molecule has 11 N–H and O–H groups in total. The zero-order valence-corrected chi connectivity index (χ0v) is 34.2. The van der Waals surface area contributed by atoms with E-state index < -0.39 is 101 Å². The fourth-order valence-corrected chi connectivity index (χ4v) is 6.43. The molecule has 8 atom stereocenters. The van der Waals surface area contributed by atoms with Gasteiger partial charge >= 0.3 is 5.97 Å². The number of hydrogen-bond acceptors (Lipinski definition) is 11. The molecule has 1 aromatic carbocycles. The molecule has 0 aliphatic carbocycles. The van der Waals surface area contributed by atoms with E-state index in [0.29, 0.717) is 24.1 Å².